The Kier molecular flexibility index (Phi) is 9.11. The molecule has 3 heterocycles. The van der Waals surface area contributed by atoms with Crippen LogP contribution >= 0.6 is 11.5 Å². The first-order valence-electron chi connectivity index (χ1n) is 12.5. The minimum Gasteiger partial charge on any atom is -0.478 e. The average Bonchev–Trinajstić information content (AvgIpc) is 3.66. The van der Waals surface area contributed by atoms with Crippen molar-refractivity contribution in [2.75, 3.05) is 18.8 Å². The average molecular weight is 616 g/mol. The summed E-state index contributed by atoms with van der Waals surface area (Å²) in [5.74, 6) is -3.76. The van der Waals surface area contributed by atoms with Crippen LogP contribution in [-0.4, -0.2) is 101 Å². The molecule has 0 aromatic carbocycles. The highest BCUT2D eigenvalue weighted by atomic mass is 32.2. The van der Waals surface area contributed by atoms with Gasteiger partial charge in [0.1, 0.15) is 12.1 Å². The first-order valence-corrected chi connectivity index (χ1v) is 14.6. The molecule has 21 heteroatoms. The molecule has 224 valence electrons. The highest BCUT2D eigenvalue weighted by molar-refractivity contribution is 7.84. The Balaban J connectivity index is 1.54. The molecule has 0 radical (unpaired) electrons. The van der Waals surface area contributed by atoms with Crippen molar-refractivity contribution in [3.63, 3.8) is 0 Å². The third kappa shape index (κ3) is 6.75. The predicted molar refractivity (Wildman–Crippen MR) is 140 cm³/mol. The van der Waals surface area contributed by atoms with Gasteiger partial charge in [-0.25, -0.2) is 9.10 Å². The summed E-state index contributed by atoms with van der Waals surface area (Å²) in [6.45, 7) is 1.20. The quantitative estimate of drug-likeness (QED) is 0.0420. The SMILES string of the molecule is NCCCNCc1cnn(C[C@@H]2[C@H](NC(=O)/C(=N\OC3(C(=O)O)CCCC3)c3nsc(N)n3)C(=O)N2S(=O)(=O)O)n1. The van der Waals surface area contributed by atoms with Crippen LogP contribution in [0.3, 0.4) is 0 Å². The van der Waals surface area contributed by atoms with Crippen molar-refractivity contribution in [2.45, 2.75) is 62.9 Å². The summed E-state index contributed by atoms with van der Waals surface area (Å²) in [5.41, 5.74) is 9.37. The smallest absolute Gasteiger partial charge is 0.362 e. The van der Waals surface area contributed by atoms with Crippen molar-refractivity contribution in [1.82, 2.24) is 39.3 Å². The molecule has 2 atom stereocenters. The fraction of sp³-hybridized carbons (Fsp3) is 0.600. The van der Waals surface area contributed by atoms with Gasteiger partial charge in [-0.2, -0.15) is 32.8 Å². The third-order valence-corrected chi connectivity index (χ3v) is 7.97. The third-order valence-electron chi connectivity index (χ3n) is 6.48. The molecule has 1 saturated heterocycles. The van der Waals surface area contributed by atoms with E-state index in [9.17, 15) is 32.5 Å². The fourth-order valence-corrected chi connectivity index (χ4v) is 5.71. The van der Waals surface area contributed by atoms with Crippen LogP contribution in [0.15, 0.2) is 11.4 Å². The molecule has 2 aromatic heterocycles. The van der Waals surface area contributed by atoms with E-state index in [0.29, 0.717) is 38.2 Å². The lowest BCUT2D eigenvalue weighted by atomic mass is 9.98. The summed E-state index contributed by atoms with van der Waals surface area (Å²) in [7, 11) is -5.00. The highest BCUT2D eigenvalue weighted by Gasteiger charge is 2.55. The maximum Gasteiger partial charge on any atom is 0.362 e. The summed E-state index contributed by atoms with van der Waals surface area (Å²) in [6, 6.07) is -2.79. The van der Waals surface area contributed by atoms with E-state index >= 15 is 0 Å². The maximum atomic E-state index is 13.3. The molecule has 4 rings (SSSR count). The Bertz CT molecular complexity index is 1420. The van der Waals surface area contributed by atoms with E-state index in [4.69, 9.17) is 16.3 Å². The van der Waals surface area contributed by atoms with Crippen LogP contribution in [0, 0.1) is 0 Å². The summed E-state index contributed by atoms with van der Waals surface area (Å²) in [6.07, 6.45) is 3.63. The van der Waals surface area contributed by atoms with Crippen LogP contribution < -0.4 is 22.1 Å². The van der Waals surface area contributed by atoms with Gasteiger partial charge in [-0.3, -0.25) is 14.1 Å². The number of carbonyl (C=O) groups is 3. The van der Waals surface area contributed by atoms with Gasteiger partial charge in [0.2, 0.25) is 17.1 Å². The minimum atomic E-state index is -5.00. The van der Waals surface area contributed by atoms with Gasteiger partial charge in [0.05, 0.1) is 18.4 Å². The van der Waals surface area contributed by atoms with Gasteiger partial charge in [0.15, 0.2) is 5.13 Å². The summed E-state index contributed by atoms with van der Waals surface area (Å²) < 4.78 is 37.6. The lowest BCUT2D eigenvalue weighted by Gasteiger charge is -2.43. The molecule has 2 amide bonds. The molecule has 2 fully saturated rings. The van der Waals surface area contributed by atoms with Gasteiger partial charge in [0, 0.05) is 30.9 Å². The lowest BCUT2D eigenvalue weighted by Crippen LogP contribution is -2.73. The van der Waals surface area contributed by atoms with Crippen LogP contribution in [0.1, 0.15) is 43.6 Å². The van der Waals surface area contributed by atoms with E-state index in [1.807, 2.05) is 0 Å². The number of nitrogens with two attached hydrogens (primary N) is 2. The van der Waals surface area contributed by atoms with E-state index in [2.05, 4.69) is 35.3 Å². The zero-order valence-electron chi connectivity index (χ0n) is 21.5. The second-order valence-electron chi connectivity index (χ2n) is 9.33. The van der Waals surface area contributed by atoms with Crippen LogP contribution in [0.4, 0.5) is 5.13 Å². The Morgan fingerprint density at radius 1 is 1.32 bits per heavy atom. The number of carbonyl (C=O) groups excluding carboxylic acids is 2. The zero-order chi connectivity index (χ0) is 29.8. The number of nitrogens with one attached hydrogen (secondary N) is 2. The molecule has 41 heavy (non-hydrogen) atoms. The van der Waals surface area contributed by atoms with Gasteiger partial charge >= 0.3 is 16.3 Å². The van der Waals surface area contributed by atoms with Gasteiger partial charge in [-0.15, -0.1) is 0 Å². The molecule has 0 spiro atoms. The summed E-state index contributed by atoms with van der Waals surface area (Å²) in [4.78, 5) is 48.2. The number of aromatic nitrogens is 5. The Morgan fingerprint density at radius 2 is 2.05 bits per heavy atom. The fourth-order valence-electron chi connectivity index (χ4n) is 4.40. The summed E-state index contributed by atoms with van der Waals surface area (Å²) in [5, 5.41) is 27.1. The number of nitrogen functional groups attached to an aromatic ring is 1. The second-order valence-corrected chi connectivity index (χ2v) is 11.4. The number of anilines is 1. The molecule has 1 saturated carbocycles. The molecule has 1 aliphatic heterocycles. The summed E-state index contributed by atoms with van der Waals surface area (Å²) >= 11 is 0.735. The van der Waals surface area contributed by atoms with Gasteiger partial charge in [0.25, 0.3) is 11.8 Å². The molecular formula is C20H29N11O8S2. The van der Waals surface area contributed by atoms with Crippen molar-refractivity contribution >= 4 is 50.5 Å². The molecule has 1 aliphatic carbocycles. The lowest BCUT2D eigenvalue weighted by molar-refractivity contribution is -0.165. The number of amides is 2. The number of oxime groups is 1. The monoisotopic (exact) mass is 615 g/mol. The topological polar surface area (TPSA) is 283 Å². The number of carboxylic acids is 1. The van der Waals surface area contributed by atoms with Crippen molar-refractivity contribution < 1.29 is 37.3 Å². The predicted octanol–water partition coefficient (Wildman–Crippen LogP) is -2.53. The largest absolute Gasteiger partial charge is 0.478 e. The highest BCUT2D eigenvalue weighted by Crippen LogP contribution is 2.34. The first-order chi connectivity index (χ1) is 19.4. The van der Waals surface area contributed by atoms with Gasteiger partial charge in [-0.05, 0) is 32.4 Å². The molecule has 2 aliphatic rings. The van der Waals surface area contributed by atoms with Crippen LogP contribution in [0.2, 0.25) is 0 Å². The molecule has 0 bridgehead atoms. The molecular weight excluding hydrogens is 586 g/mol. The Labute approximate surface area is 237 Å². The molecule has 2 aromatic rings. The number of nitrogens with zero attached hydrogens (tertiary/aromatic N) is 7. The number of rotatable bonds is 14. The van der Waals surface area contributed by atoms with Crippen LogP contribution in [0.5, 0.6) is 0 Å². The number of carboxylic acid groups (broad SMARTS) is 1. The normalized spacial score (nSPS) is 20.6. The Hall–Kier alpha value is -3.79. The van der Waals surface area contributed by atoms with E-state index in [1.165, 1.54) is 6.20 Å². The molecule has 0 unspecified atom stereocenters. The molecule has 8 N–H and O–H groups in total. The zero-order valence-corrected chi connectivity index (χ0v) is 23.2. The molecule has 19 nitrogen and oxygen atoms in total. The maximum absolute atomic E-state index is 13.3. The number of hydrogen-bond donors (Lipinski definition) is 6. The van der Waals surface area contributed by atoms with Crippen LogP contribution in [-0.2, 0) is 42.6 Å². The minimum absolute atomic E-state index is 0.0254. The second kappa shape index (κ2) is 12.4. The van der Waals surface area contributed by atoms with Crippen molar-refractivity contribution in [2.24, 2.45) is 10.9 Å². The first kappa shape index (κ1) is 30.2. The Morgan fingerprint density at radius 3 is 2.66 bits per heavy atom. The van der Waals surface area contributed by atoms with Gasteiger partial charge in [-0.1, -0.05) is 5.16 Å². The van der Waals surface area contributed by atoms with E-state index in [0.717, 1.165) is 22.7 Å². The number of aliphatic carboxylic acids is 1. The van der Waals surface area contributed by atoms with Crippen molar-refractivity contribution in [3.8, 4) is 0 Å². The number of hydrogen-bond acceptors (Lipinski definition) is 15. The van der Waals surface area contributed by atoms with Crippen molar-refractivity contribution in [3.05, 3.63) is 17.7 Å². The van der Waals surface area contributed by atoms with E-state index < -0.39 is 51.5 Å². The van der Waals surface area contributed by atoms with E-state index in [1.54, 1.807) is 0 Å². The van der Waals surface area contributed by atoms with Crippen molar-refractivity contribution in [1.29, 1.82) is 0 Å². The van der Waals surface area contributed by atoms with E-state index in [-0.39, 0.29) is 34.6 Å². The number of β-lactam (4-membered cyclic amide) rings is 1. The van der Waals surface area contributed by atoms with Gasteiger partial charge < -0.3 is 32.0 Å². The standard InChI is InChI=1S/C20H29N11O8S2/c21-6-3-7-23-8-11-9-24-30(27-11)10-12-13(17(33)31(12)41(36,37)38)25-16(32)14(15-26-19(22)40-29-15)28-39-20(18(34)35)4-1-2-5-20/h9,12-13,23H,1-8,10,21H2,(H,25,32)(H,34,35)(H2,22,26,29)(H,36,37,38)/b28-14-/t12-,13+/m1/s1. The van der Waals surface area contributed by atoms with Crippen LogP contribution in [0.25, 0.3) is 0 Å².